The maximum absolute atomic E-state index is 12.4. The third kappa shape index (κ3) is 4.41. The molecule has 0 fully saturated rings. The van der Waals surface area contributed by atoms with Gasteiger partial charge in [0.1, 0.15) is 0 Å². The predicted molar refractivity (Wildman–Crippen MR) is 107 cm³/mol. The quantitative estimate of drug-likeness (QED) is 0.677. The number of rotatable bonds is 7. The topological polar surface area (TPSA) is 71.8 Å². The summed E-state index contributed by atoms with van der Waals surface area (Å²) in [6.45, 7) is 7.34. The number of hydrogen-bond acceptors (Lipinski definition) is 4. The molecular weight excluding hydrogens is 338 g/mol. The molecule has 140 valence electrons. The summed E-state index contributed by atoms with van der Waals surface area (Å²) in [6, 6.07) is 18.5. The minimum Gasteiger partial charge on any atom is -0.349 e. The van der Waals surface area contributed by atoms with E-state index in [0.717, 1.165) is 29.1 Å². The second kappa shape index (κ2) is 8.60. The molecule has 2 aromatic carbocycles. The Labute approximate surface area is 159 Å². The molecular formula is C21H25N5O. The number of amides is 1. The lowest BCUT2D eigenvalue weighted by molar-refractivity contribution is 0.0944. The monoisotopic (exact) mass is 363 g/mol. The smallest absolute Gasteiger partial charge is 0.273 e. The molecule has 0 radical (unpaired) electrons. The van der Waals surface area contributed by atoms with Crippen LogP contribution in [0.1, 0.15) is 30.0 Å². The maximum atomic E-state index is 12.4. The Morgan fingerprint density at radius 1 is 1.07 bits per heavy atom. The molecule has 0 saturated heterocycles. The fraction of sp³-hybridized carbons (Fsp3) is 0.286. The predicted octanol–water partition coefficient (Wildman–Crippen LogP) is 2.97. The Balaban J connectivity index is 1.74. The zero-order chi connectivity index (χ0) is 19.2. The van der Waals surface area contributed by atoms with Crippen LogP contribution >= 0.6 is 0 Å². The minimum atomic E-state index is -0.204. The van der Waals surface area contributed by atoms with Crippen molar-refractivity contribution >= 4 is 5.91 Å². The average Bonchev–Trinajstić information content (AvgIpc) is 3.08. The highest BCUT2D eigenvalue weighted by molar-refractivity contribution is 5.93. The molecule has 1 heterocycles. The Hall–Kier alpha value is -2.99. The van der Waals surface area contributed by atoms with E-state index in [2.05, 4.69) is 33.1 Å². The molecule has 27 heavy (non-hydrogen) atoms. The number of carbonyl (C=O) groups excluding carboxylic acids is 1. The molecule has 2 N–H and O–H groups in total. The molecule has 0 unspecified atom stereocenters. The molecule has 0 aliphatic heterocycles. The van der Waals surface area contributed by atoms with E-state index in [4.69, 9.17) is 0 Å². The van der Waals surface area contributed by atoms with Crippen molar-refractivity contribution in [3.8, 4) is 16.8 Å². The lowest BCUT2D eigenvalue weighted by Gasteiger charge is -2.12. The summed E-state index contributed by atoms with van der Waals surface area (Å²) in [5.74, 6) is -0.204. The first-order valence-electron chi connectivity index (χ1n) is 9.20. The van der Waals surface area contributed by atoms with Gasteiger partial charge in [-0.05, 0) is 43.7 Å². The van der Waals surface area contributed by atoms with Crippen LogP contribution in [0.15, 0.2) is 54.6 Å². The van der Waals surface area contributed by atoms with Gasteiger partial charge in [-0.2, -0.15) is 0 Å². The van der Waals surface area contributed by atoms with Crippen molar-refractivity contribution in [2.45, 2.75) is 26.8 Å². The van der Waals surface area contributed by atoms with Crippen molar-refractivity contribution in [2.75, 3.05) is 13.1 Å². The van der Waals surface area contributed by atoms with Crippen molar-refractivity contribution in [2.24, 2.45) is 0 Å². The number of aromatic nitrogens is 3. The van der Waals surface area contributed by atoms with Crippen molar-refractivity contribution in [1.29, 1.82) is 0 Å². The Morgan fingerprint density at radius 2 is 1.74 bits per heavy atom. The van der Waals surface area contributed by atoms with Crippen molar-refractivity contribution in [3.05, 3.63) is 66.0 Å². The van der Waals surface area contributed by atoms with Gasteiger partial charge in [0.25, 0.3) is 5.91 Å². The summed E-state index contributed by atoms with van der Waals surface area (Å²) >= 11 is 0. The molecule has 0 spiro atoms. The fourth-order valence-corrected chi connectivity index (χ4v) is 2.96. The van der Waals surface area contributed by atoms with Crippen LogP contribution in [-0.4, -0.2) is 40.0 Å². The molecule has 3 rings (SSSR count). The molecule has 1 aromatic heterocycles. The third-order valence-corrected chi connectivity index (χ3v) is 4.45. The highest BCUT2D eigenvalue weighted by Crippen LogP contribution is 2.21. The maximum Gasteiger partial charge on any atom is 0.273 e. The molecule has 3 aromatic rings. The standard InChI is InChI=1S/C21H25N5O/c1-4-22-15(2)14-23-21(27)20-16(3)26(25-24-20)19-12-10-18(11-13-19)17-8-6-5-7-9-17/h5-13,15,22H,4,14H2,1-3H3,(H,23,27)/t15-/m1/s1. The first-order chi connectivity index (χ1) is 13.1. The van der Waals surface area contributed by atoms with E-state index in [1.54, 1.807) is 4.68 Å². The van der Waals surface area contributed by atoms with Gasteiger partial charge in [0.15, 0.2) is 5.69 Å². The van der Waals surface area contributed by atoms with Crippen LogP contribution in [0.5, 0.6) is 0 Å². The van der Waals surface area contributed by atoms with Gasteiger partial charge in [0, 0.05) is 12.6 Å². The van der Waals surface area contributed by atoms with Crippen molar-refractivity contribution in [1.82, 2.24) is 25.6 Å². The van der Waals surface area contributed by atoms with Crippen LogP contribution in [0, 0.1) is 6.92 Å². The van der Waals surface area contributed by atoms with Gasteiger partial charge in [0.2, 0.25) is 0 Å². The van der Waals surface area contributed by atoms with E-state index in [1.807, 2.05) is 63.2 Å². The Kier molecular flexibility index (Phi) is 5.98. The normalized spacial score (nSPS) is 12.0. The van der Waals surface area contributed by atoms with E-state index in [-0.39, 0.29) is 11.9 Å². The average molecular weight is 363 g/mol. The lowest BCUT2D eigenvalue weighted by Crippen LogP contribution is -2.39. The number of carbonyl (C=O) groups is 1. The van der Waals surface area contributed by atoms with Crippen LogP contribution < -0.4 is 10.6 Å². The van der Waals surface area contributed by atoms with Gasteiger partial charge in [-0.15, -0.1) is 5.10 Å². The summed E-state index contributed by atoms with van der Waals surface area (Å²) in [7, 11) is 0. The molecule has 0 bridgehead atoms. The summed E-state index contributed by atoms with van der Waals surface area (Å²) in [6.07, 6.45) is 0. The van der Waals surface area contributed by atoms with Gasteiger partial charge in [-0.1, -0.05) is 54.6 Å². The van der Waals surface area contributed by atoms with Crippen LogP contribution in [0.25, 0.3) is 16.8 Å². The van der Waals surface area contributed by atoms with Crippen molar-refractivity contribution in [3.63, 3.8) is 0 Å². The minimum absolute atomic E-state index is 0.204. The summed E-state index contributed by atoms with van der Waals surface area (Å²) < 4.78 is 1.69. The second-order valence-corrected chi connectivity index (χ2v) is 6.52. The first kappa shape index (κ1) is 18.8. The number of nitrogens with one attached hydrogen (secondary N) is 2. The van der Waals surface area contributed by atoms with Gasteiger partial charge < -0.3 is 10.6 Å². The Bertz CT molecular complexity index is 887. The van der Waals surface area contributed by atoms with Gasteiger partial charge in [0.05, 0.1) is 11.4 Å². The largest absolute Gasteiger partial charge is 0.349 e. The number of likely N-dealkylation sites (N-methyl/N-ethyl adjacent to an activating group) is 1. The molecule has 6 heteroatoms. The first-order valence-corrected chi connectivity index (χ1v) is 9.20. The van der Waals surface area contributed by atoms with Crippen LogP contribution in [0.3, 0.4) is 0 Å². The van der Waals surface area contributed by atoms with Gasteiger partial charge in [-0.25, -0.2) is 4.68 Å². The van der Waals surface area contributed by atoms with E-state index >= 15 is 0 Å². The molecule has 0 aliphatic carbocycles. The zero-order valence-corrected chi connectivity index (χ0v) is 15.9. The van der Waals surface area contributed by atoms with Gasteiger partial charge >= 0.3 is 0 Å². The molecule has 0 aliphatic rings. The van der Waals surface area contributed by atoms with Crippen LogP contribution in [0.2, 0.25) is 0 Å². The molecule has 6 nitrogen and oxygen atoms in total. The number of hydrogen-bond donors (Lipinski definition) is 2. The third-order valence-electron chi connectivity index (χ3n) is 4.45. The van der Waals surface area contributed by atoms with Gasteiger partial charge in [-0.3, -0.25) is 4.79 Å². The summed E-state index contributed by atoms with van der Waals surface area (Å²) in [5.41, 5.74) is 4.24. The van der Waals surface area contributed by atoms with E-state index in [1.165, 1.54) is 0 Å². The summed E-state index contributed by atoms with van der Waals surface area (Å²) in [5, 5.41) is 14.4. The van der Waals surface area contributed by atoms with Crippen molar-refractivity contribution < 1.29 is 4.79 Å². The van der Waals surface area contributed by atoms with E-state index in [9.17, 15) is 4.79 Å². The van der Waals surface area contributed by atoms with Crippen LogP contribution in [-0.2, 0) is 0 Å². The number of nitrogens with zero attached hydrogens (tertiary/aromatic N) is 3. The molecule has 1 amide bonds. The summed E-state index contributed by atoms with van der Waals surface area (Å²) in [4.78, 5) is 12.4. The number of benzene rings is 2. The lowest BCUT2D eigenvalue weighted by atomic mass is 10.1. The highest BCUT2D eigenvalue weighted by atomic mass is 16.2. The zero-order valence-electron chi connectivity index (χ0n) is 15.9. The van der Waals surface area contributed by atoms with E-state index < -0.39 is 0 Å². The highest BCUT2D eigenvalue weighted by Gasteiger charge is 2.17. The van der Waals surface area contributed by atoms with Crippen LogP contribution in [0.4, 0.5) is 0 Å². The Morgan fingerprint density at radius 3 is 2.41 bits per heavy atom. The second-order valence-electron chi connectivity index (χ2n) is 6.52. The molecule has 1 atom stereocenters. The SMILES string of the molecule is CCN[C@H](C)CNC(=O)c1nnn(-c2ccc(-c3ccccc3)cc2)c1C. The van der Waals surface area contributed by atoms with E-state index in [0.29, 0.717) is 12.2 Å². The fourth-order valence-electron chi connectivity index (χ4n) is 2.96. The molecule has 0 saturated carbocycles.